The van der Waals surface area contributed by atoms with Crippen LogP contribution in [0.5, 0.6) is 0 Å². The van der Waals surface area contributed by atoms with E-state index in [0.717, 1.165) is 103 Å². The van der Waals surface area contributed by atoms with Crippen LogP contribution >= 0.6 is 7.82 Å². The van der Waals surface area contributed by atoms with Crippen molar-refractivity contribution in [2.24, 2.45) is 0 Å². The van der Waals surface area contributed by atoms with Gasteiger partial charge in [0, 0.05) is 13.0 Å². The molecule has 1 saturated carbocycles. The van der Waals surface area contributed by atoms with Crippen molar-refractivity contribution in [3.05, 3.63) is 134 Å². The van der Waals surface area contributed by atoms with Gasteiger partial charge < -0.3 is 39.9 Å². The molecule has 0 bridgehead atoms. The SMILES string of the molecule is CC/C=C\C/C=C\C/C=C\C/C=C\C/C=C\C/C=C\C/C=C\CCCC(=O)OC(COCCCCCCCCCCC/C=C\C/C=C\C/C=C\C/C=C\CC)COP(=O)(O)OC1C(O)C(O)C(O)C(O)C1O. The topological polar surface area (TPSA) is 192 Å². The molecular formula is C59H95O12P. The van der Waals surface area contributed by atoms with Crippen molar-refractivity contribution >= 4 is 13.8 Å². The Morgan fingerprint density at radius 2 is 0.778 bits per heavy atom. The Bertz CT molecular complexity index is 1690. The minimum absolute atomic E-state index is 0.0951. The molecule has 408 valence electrons. The van der Waals surface area contributed by atoms with Gasteiger partial charge in [0.25, 0.3) is 0 Å². The van der Waals surface area contributed by atoms with E-state index in [2.05, 4.69) is 135 Å². The van der Waals surface area contributed by atoms with Gasteiger partial charge in [0.15, 0.2) is 0 Å². The second-order valence-electron chi connectivity index (χ2n) is 18.0. The van der Waals surface area contributed by atoms with Crippen molar-refractivity contribution < 1.29 is 58.3 Å². The third-order valence-electron chi connectivity index (χ3n) is 11.5. The molecule has 0 heterocycles. The van der Waals surface area contributed by atoms with Crippen LogP contribution in [0.3, 0.4) is 0 Å². The Morgan fingerprint density at radius 3 is 1.18 bits per heavy atom. The Kier molecular flexibility index (Phi) is 43.6. The molecule has 1 rings (SSSR count). The van der Waals surface area contributed by atoms with E-state index in [0.29, 0.717) is 19.4 Å². The summed E-state index contributed by atoms with van der Waals surface area (Å²) >= 11 is 0. The first-order valence-electron chi connectivity index (χ1n) is 27.0. The van der Waals surface area contributed by atoms with Gasteiger partial charge in [-0.05, 0) is 103 Å². The molecule has 72 heavy (non-hydrogen) atoms. The first-order valence-corrected chi connectivity index (χ1v) is 28.5. The number of esters is 1. The van der Waals surface area contributed by atoms with Crippen LogP contribution in [0.15, 0.2) is 134 Å². The van der Waals surface area contributed by atoms with Gasteiger partial charge in [-0.3, -0.25) is 13.8 Å². The van der Waals surface area contributed by atoms with Crippen LogP contribution in [0.4, 0.5) is 0 Å². The highest BCUT2D eigenvalue weighted by Crippen LogP contribution is 2.47. The van der Waals surface area contributed by atoms with E-state index >= 15 is 0 Å². The summed E-state index contributed by atoms with van der Waals surface area (Å²) in [6, 6.07) is 0. The van der Waals surface area contributed by atoms with Gasteiger partial charge in [0.2, 0.25) is 0 Å². The first-order chi connectivity index (χ1) is 35.0. The van der Waals surface area contributed by atoms with Gasteiger partial charge in [0.1, 0.15) is 42.7 Å². The molecule has 13 heteroatoms. The fourth-order valence-corrected chi connectivity index (χ4v) is 8.31. The maximum absolute atomic E-state index is 12.9. The van der Waals surface area contributed by atoms with E-state index in [4.69, 9.17) is 18.5 Å². The molecule has 0 radical (unpaired) electrons. The maximum atomic E-state index is 12.9. The van der Waals surface area contributed by atoms with E-state index in [9.17, 15) is 39.8 Å². The van der Waals surface area contributed by atoms with Crippen molar-refractivity contribution in [3.8, 4) is 0 Å². The molecule has 6 atom stereocenters. The lowest BCUT2D eigenvalue weighted by molar-refractivity contribution is -0.220. The zero-order valence-electron chi connectivity index (χ0n) is 43.9. The summed E-state index contributed by atoms with van der Waals surface area (Å²) in [5.74, 6) is -0.542. The molecule has 1 aliphatic carbocycles. The molecule has 1 aliphatic rings. The average Bonchev–Trinajstić information content (AvgIpc) is 3.37. The van der Waals surface area contributed by atoms with Crippen LogP contribution in [0.2, 0.25) is 0 Å². The summed E-state index contributed by atoms with van der Waals surface area (Å²) in [7, 11) is -5.05. The molecule has 0 amide bonds. The molecule has 1 fully saturated rings. The first kappa shape index (κ1) is 66.5. The highest BCUT2D eigenvalue weighted by molar-refractivity contribution is 7.47. The molecule has 12 nitrogen and oxygen atoms in total. The van der Waals surface area contributed by atoms with Crippen LogP contribution in [0, 0.1) is 0 Å². The van der Waals surface area contributed by atoms with Gasteiger partial charge >= 0.3 is 13.8 Å². The van der Waals surface area contributed by atoms with Crippen LogP contribution in [0.1, 0.15) is 168 Å². The van der Waals surface area contributed by atoms with Crippen LogP contribution in [0.25, 0.3) is 0 Å². The molecule has 6 unspecified atom stereocenters. The second kappa shape index (κ2) is 47.2. The summed E-state index contributed by atoms with van der Waals surface area (Å²) in [6.07, 6.45) is 58.0. The normalized spacial score (nSPS) is 21.7. The van der Waals surface area contributed by atoms with Crippen LogP contribution in [-0.4, -0.2) is 98.9 Å². The Labute approximate surface area is 434 Å². The van der Waals surface area contributed by atoms with Gasteiger partial charge in [-0.2, -0.15) is 0 Å². The summed E-state index contributed by atoms with van der Waals surface area (Å²) in [5, 5.41) is 50.4. The number of aliphatic hydroxyl groups excluding tert-OH is 5. The summed E-state index contributed by atoms with van der Waals surface area (Å²) < 4.78 is 34.3. The number of hydrogen-bond acceptors (Lipinski definition) is 11. The van der Waals surface area contributed by atoms with Crippen molar-refractivity contribution in [1.29, 1.82) is 0 Å². The van der Waals surface area contributed by atoms with Crippen LogP contribution < -0.4 is 0 Å². The number of hydrogen-bond donors (Lipinski definition) is 6. The summed E-state index contributed by atoms with van der Waals surface area (Å²) in [5.41, 5.74) is 0. The Balaban J connectivity index is 2.39. The predicted octanol–water partition coefficient (Wildman–Crippen LogP) is 12.8. The van der Waals surface area contributed by atoms with Crippen molar-refractivity contribution in [1.82, 2.24) is 0 Å². The molecule has 0 saturated heterocycles. The minimum atomic E-state index is -5.05. The molecule has 0 aromatic rings. The highest BCUT2D eigenvalue weighted by atomic mass is 31.2. The third kappa shape index (κ3) is 38.1. The largest absolute Gasteiger partial charge is 0.472 e. The second-order valence-corrected chi connectivity index (χ2v) is 19.4. The molecule has 0 aliphatic heterocycles. The van der Waals surface area contributed by atoms with Crippen molar-refractivity contribution in [3.63, 3.8) is 0 Å². The molecule has 0 aromatic heterocycles. The lowest BCUT2D eigenvalue weighted by Gasteiger charge is -2.41. The fourth-order valence-electron chi connectivity index (χ4n) is 7.33. The summed E-state index contributed by atoms with van der Waals surface area (Å²) in [6.45, 7) is 3.95. The van der Waals surface area contributed by atoms with Crippen LogP contribution in [-0.2, 0) is 27.9 Å². The number of allylic oxidation sites excluding steroid dienone is 22. The fraction of sp³-hybridized carbons (Fsp3) is 0.610. The molecule has 0 spiro atoms. The van der Waals surface area contributed by atoms with E-state index in [1.165, 1.54) is 32.1 Å². The third-order valence-corrected chi connectivity index (χ3v) is 12.5. The zero-order valence-corrected chi connectivity index (χ0v) is 44.8. The van der Waals surface area contributed by atoms with E-state index in [-0.39, 0.29) is 13.0 Å². The Hall–Kier alpha value is -3.52. The minimum Gasteiger partial charge on any atom is -0.457 e. The van der Waals surface area contributed by atoms with E-state index < -0.39 is 63.1 Å². The van der Waals surface area contributed by atoms with E-state index in [1.54, 1.807) is 0 Å². The quantitative estimate of drug-likeness (QED) is 0.0147. The molecule has 0 aromatic carbocycles. The van der Waals surface area contributed by atoms with Gasteiger partial charge in [-0.15, -0.1) is 0 Å². The highest BCUT2D eigenvalue weighted by Gasteiger charge is 2.51. The van der Waals surface area contributed by atoms with Crippen molar-refractivity contribution in [2.45, 2.75) is 211 Å². The molecule has 6 N–H and O–H groups in total. The monoisotopic (exact) mass is 1030 g/mol. The number of aliphatic hydroxyl groups is 5. The summed E-state index contributed by atoms with van der Waals surface area (Å²) in [4.78, 5) is 23.3. The van der Waals surface area contributed by atoms with Gasteiger partial charge in [-0.1, -0.05) is 192 Å². The lowest BCUT2D eigenvalue weighted by atomic mass is 9.85. The molecular weight excluding hydrogens is 932 g/mol. The van der Waals surface area contributed by atoms with Crippen molar-refractivity contribution in [2.75, 3.05) is 19.8 Å². The number of carbonyl (C=O) groups is 1. The number of phosphoric ester groups is 1. The lowest BCUT2D eigenvalue weighted by Crippen LogP contribution is -2.64. The number of phosphoric acid groups is 1. The maximum Gasteiger partial charge on any atom is 0.472 e. The predicted molar refractivity (Wildman–Crippen MR) is 294 cm³/mol. The number of ether oxygens (including phenoxy) is 2. The smallest absolute Gasteiger partial charge is 0.457 e. The zero-order chi connectivity index (χ0) is 52.6. The Morgan fingerprint density at radius 1 is 0.444 bits per heavy atom. The number of unbranched alkanes of at least 4 members (excludes halogenated alkanes) is 10. The standard InChI is InChI=1S/C59H95O12P/c1-3-5-7-9-11-13-15-17-19-21-23-25-27-28-30-32-34-36-38-40-42-44-46-48-53(60)70-52(51-69-72(66,67)71-59-57(64)55(62)54(61)56(63)58(59)65)50-68-49-47-45-43-41-39-37-35-33-31-29-26-24-22-20-18-16-14-12-10-8-6-4-2/h5-8,11-14,17-20,23-26,28,30,34,36,40,42,52,54-59,61-65H,3-4,9-10,15-16,21-22,27,29,31-33,35,37-39,41,43-51H2,1-2H3,(H,66,67)/b7-5-,8-6-,13-11-,14-12-,19-17-,20-18-,25-23-,26-24-,30-28-,36-34-,42-40-. The van der Waals surface area contributed by atoms with E-state index in [1.807, 2.05) is 12.2 Å². The average molecular weight is 1030 g/mol. The number of carbonyl (C=O) groups excluding carboxylic acids is 1. The number of rotatable bonds is 44. The van der Waals surface area contributed by atoms with Gasteiger partial charge in [-0.25, -0.2) is 4.57 Å². The van der Waals surface area contributed by atoms with Gasteiger partial charge in [0.05, 0.1) is 13.2 Å².